The SMILES string of the molecule is OB(O)O.[NaH]. The Balaban J connectivity index is 0. The molecule has 3 nitrogen and oxygen atoms in total. The van der Waals surface area contributed by atoms with Crippen molar-refractivity contribution in [3.8, 4) is 0 Å². The van der Waals surface area contributed by atoms with Crippen LogP contribution in [0.15, 0.2) is 0 Å². The fourth-order valence-corrected chi connectivity index (χ4v) is 0. The Bertz CT molecular complexity index is 11.6. The average Bonchev–Trinajstić information content (AvgIpc) is 0.811. The standard InChI is InChI=1S/BH3O3.Na.H/c2-1(3)4;;/h2-4H;;. The first-order valence-electron chi connectivity index (χ1n) is 0.775. The van der Waals surface area contributed by atoms with Crippen LogP contribution >= 0.6 is 0 Å². The summed E-state index contributed by atoms with van der Waals surface area (Å²) < 4.78 is 0. The summed E-state index contributed by atoms with van der Waals surface area (Å²) in [5.74, 6) is 0. The number of rotatable bonds is 0. The summed E-state index contributed by atoms with van der Waals surface area (Å²) in [4.78, 5) is 0. The van der Waals surface area contributed by atoms with Gasteiger partial charge in [-0.3, -0.25) is 0 Å². The van der Waals surface area contributed by atoms with Gasteiger partial charge in [0.05, 0.1) is 0 Å². The maximum atomic E-state index is 7.17. The molecule has 5 heavy (non-hydrogen) atoms. The monoisotopic (exact) mass is 86.0 g/mol. The Labute approximate surface area is 52.1 Å². The van der Waals surface area contributed by atoms with Crippen LogP contribution in [0.3, 0.4) is 0 Å². The normalized spacial score (nSPS) is 5.40. The van der Waals surface area contributed by atoms with Gasteiger partial charge in [-0.05, 0) is 0 Å². The van der Waals surface area contributed by atoms with Gasteiger partial charge in [-0.25, -0.2) is 0 Å². The van der Waals surface area contributed by atoms with Crippen LogP contribution in [0.5, 0.6) is 0 Å². The molecule has 0 aliphatic heterocycles. The second-order valence-electron chi connectivity index (χ2n) is 0.346. The van der Waals surface area contributed by atoms with Crippen molar-refractivity contribution in [1.82, 2.24) is 0 Å². The van der Waals surface area contributed by atoms with Crippen LogP contribution < -0.4 is 0 Å². The summed E-state index contributed by atoms with van der Waals surface area (Å²) in [5, 5.41) is 21.5. The summed E-state index contributed by atoms with van der Waals surface area (Å²) in [6.45, 7) is 0. The Morgan fingerprint density at radius 2 is 1.00 bits per heavy atom. The van der Waals surface area contributed by atoms with E-state index >= 15 is 0 Å². The van der Waals surface area contributed by atoms with Gasteiger partial charge >= 0.3 is 36.9 Å². The zero-order chi connectivity index (χ0) is 3.58. The van der Waals surface area contributed by atoms with E-state index in [2.05, 4.69) is 0 Å². The van der Waals surface area contributed by atoms with E-state index in [1.54, 1.807) is 0 Å². The Morgan fingerprint density at radius 1 is 1.00 bits per heavy atom. The summed E-state index contributed by atoms with van der Waals surface area (Å²) in [6.07, 6.45) is 0. The zero-order valence-electron chi connectivity index (χ0n) is 1.92. The molecule has 0 bridgehead atoms. The van der Waals surface area contributed by atoms with Gasteiger partial charge in [-0.1, -0.05) is 0 Å². The molecule has 0 atom stereocenters. The van der Waals surface area contributed by atoms with Crippen molar-refractivity contribution in [2.45, 2.75) is 0 Å². The molecule has 0 rings (SSSR count). The molecule has 0 saturated carbocycles. The van der Waals surface area contributed by atoms with Crippen LogP contribution in [-0.4, -0.2) is 52.0 Å². The van der Waals surface area contributed by atoms with Crippen LogP contribution in [0.25, 0.3) is 0 Å². The fraction of sp³-hybridized carbons (Fsp3) is 0. The predicted molar refractivity (Wildman–Crippen MR) is 19.6 cm³/mol. The van der Waals surface area contributed by atoms with Crippen LogP contribution in [0.1, 0.15) is 0 Å². The molecule has 0 aliphatic carbocycles. The van der Waals surface area contributed by atoms with Crippen molar-refractivity contribution >= 4 is 36.9 Å². The molecule has 0 amide bonds. The van der Waals surface area contributed by atoms with Crippen LogP contribution in [0.2, 0.25) is 0 Å². The fourth-order valence-electron chi connectivity index (χ4n) is 0. The number of hydrogen-bond acceptors (Lipinski definition) is 3. The molecule has 0 unspecified atom stereocenters. The molecule has 0 radical (unpaired) electrons. The third-order valence-corrected chi connectivity index (χ3v) is 0. The van der Waals surface area contributed by atoms with Gasteiger partial charge in [0.1, 0.15) is 0 Å². The van der Waals surface area contributed by atoms with E-state index in [9.17, 15) is 0 Å². The summed E-state index contributed by atoms with van der Waals surface area (Å²) in [6, 6.07) is 0. The zero-order valence-corrected chi connectivity index (χ0v) is 1.92. The summed E-state index contributed by atoms with van der Waals surface area (Å²) >= 11 is 0. The Kier molecular flexibility index (Phi) is 9.24. The van der Waals surface area contributed by atoms with Crippen molar-refractivity contribution in [1.29, 1.82) is 0 Å². The second kappa shape index (κ2) is 4.94. The molecule has 0 aromatic carbocycles. The van der Waals surface area contributed by atoms with Gasteiger partial charge in [0, 0.05) is 0 Å². The molecule has 26 valence electrons. The van der Waals surface area contributed by atoms with E-state index in [4.69, 9.17) is 15.1 Å². The van der Waals surface area contributed by atoms with E-state index in [1.165, 1.54) is 0 Å². The van der Waals surface area contributed by atoms with Crippen LogP contribution in [0, 0.1) is 0 Å². The Morgan fingerprint density at radius 3 is 1.00 bits per heavy atom. The van der Waals surface area contributed by atoms with E-state index in [0.717, 1.165) is 0 Å². The van der Waals surface area contributed by atoms with Gasteiger partial charge in [0.2, 0.25) is 0 Å². The van der Waals surface area contributed by atoms with E-state index in [-0.39, 0.29) is 29.6 Å². The summed E-state index contributed by atoms with van der Waals surface area (Å²) in [5.41, 5.74) is 0. The first kappa shape index (κ1) is 9.34. The third-order valence-electron chi connectivity index (χ3n) is 0. The molecular formula is H4BNaO3. The third kappa shape index (κ3) is 48.0. The van der Waals surface area contributed by atoms with Crippen molar-refractivity contribution in [2.24, 2.45) is 0 Å². The first-order chi connectivity index (χ1) is 1.73. The minimum atomic E-state index is -2.17. The van der Waals surface area contributed by atoms with Crippen LogP contribution in [0.4, 0.5) is 0 Å². The second-order valence-corrected chi connectivity index (χ2v) is 0.346. The first-order valence-corrected chi connectivity index (χ1v) is 0.775. The van der Waals surface area contributed by atoms with Crippen LogP contribution in [-0.2, 0) is 0 Å². The van der Waals surface area contributed by atoms with Crippen molar-refractivity contribution in [3.05, 3.63) is 0 Å². The molecule has 0 aliphatic rings. The van der Waals surface area contributed by atoms with Gasteiger partial charge in [0.25, 0.3) is 0 Å². The topological polar surface area (TPSA) is 60.7 Å². The molecule has 0 spiro atoms. The van der Waals surface area contributed by atoms with Gasteiger partial charge in [-0.15, -0.1) is 0 Å². The van der Waals surface area contributed by atoms with Crippen molar-refractivity contribution in [2.75, 3.05) is 0 Å². The Hall–Kier alpha value is 0.945. The van der Waals surface area contributed by atoms with Gasteiger partial charge < -0.3 is 15.1 Å². The molecule has 0 fully saturated rings. The van der Waals surface area contributed by atoms with Gasteiger partial charge in [-0.2, -0.15) is 0 Å². The quantitative estimate of drug-likeness (QED) is 0.281. The molecule has 0 aromatic heterocycles. The average molecular weight is 85.8 g/mol. The molecule has 0 heterocycles. The molecule has 0 aromatic rings. The molecule has 0 saturated heterocycles. The van der Waals surface area contributed by atoms with E-state index in [0.29, 0.717) is 0 Å². The number of hydrogen-bond donors (Lipinski definition) is 3. The van der Waals surface area contributed by atoms with E-state index in [1.807, 2.05) is 0 Å². The molecular weight excluding hydrogens is 81.8 g/mol. The van der Waals surface area contributed by atoms with Crippen molar-refractivity contribution < 1.29 is 15.1 Å². The van der Waals surface area contributed by atoms with E-state index < -0.39 is 7.32 Å². The van der Waals surface area contributed by atoms with Gasteiger partial charge in [0.15, 0.2) is 0 Å². The molecule has 5 heteroatoms. The summed E-state index contributed by atoms with van der Waals surface area (Å²) in [7, 11) is -2.17. The molecule has 3 N–H and O–H groups in total. The maximum absolute atomic E-state index is 7.17. The predicted octanol–water partition coefficient (Wildman–Crippen LogP) is -2.70. The van der Waals surface area contributed by atoms with Crippen molar-refractivity contribution in [3.63, 3.8) is 0 Å². The minimum absolute atomic E-state index is 0.